The SMILES string of the molecule is CCC[P+](CC)(CC)CC. The van der Waals surface area contributed by atoms with Crippen molar-refractivity contribution in [2.24, 2.45) is 0 Å². The van der Waals surface area contributed by atoms with Crippen LogP contribution in [0.4, 0.5) is 0 Å². The fourth-order valence-electron chi connectivity index (χ4n) is 1.62. The van der Waals surface area contributed by atoms with Crippen molar-refractivity contribution in [3.8, 4) is 0 Å². The quantitative estimate of drug-likeness (QED) is 0.541. The predicted octanol–water partition coefficient (Wildman–Crippen LogP) is 3.47. The molecule has 62 valence electrons. The molecule has 0 unspecified atom stereocenters. The van der Waals surface area contributed by atoms with Gasteiger partial charge in [-0.3, -0.25) is 0 Å². The summed E-state index contributed by atoms with van der Waals surface area (Å²) in [7, 11) is -0.439. The van der Waals surface area contributed by atoms with Gasteiger partial charge in [-0.25, -0.2) is 0 Å². The van der Waals surface area contributed by atoms with Gasteiger partial charge in [-0.1, -0.05) is 6.92 Å². The van der Waals surface area contributed by atoms with E-state index in [1.54, 1.807) is 0 Å². The molecule has 0 aromatic heterocycles. The molecule has 0 aromatic rings. The minimum absolute atomic E-state index is 0.439. The molecule has 0 spiro atoms. The fraction of sp³-hybridized carbons (Fsp3) is 1.00. The van der Waals surface area contributed by atoms with Crippen molar-refractivity contribution in [2.45, 2.75) is 34.1 Å². The fourth-order valence-corrected chi connectivity index (χ4v) is 4.86. The van der Waals surface area contributed by atoms with E-state index in [-0.39, 0.29) is 0 Å². The van der Waals surface area contributed by atoms with E-state index in [0.717, 1.165) is 0 Å². The first kappa shape index (κ1) is 10.4. The van der Waals surface area contributed by atoms with Gasteiger partial charge >= 0.3 is 0 Å². The molecule has 0 nitrogen and oxygen atoms in total. The molecule has 0 saturated carbocycles. The van der Waals surface area contributed by atoms with Gasteiger partial charge in [0.05, 0.1) is 24.6 Å². The lowest BCUT2D eigenvalue weighted by Crippen LogP contribution is -2.06. The minimum atomic E-state index is -0.439. The van der Waals surface area contributed by atoms with Gasteiger partial charge in [0, 0.05) is 7.26 Å². The first-order valence-corrected chi connectivity index (χ1v) is 7.12. The molecule has 0 fully saturated rings. The Balaban J connectivity index is 3.87. The Morgan fingerprint density at radius 3 is 1.30 bits per heavy atom. The molecule has 0 N–H and O–H groups in total. The summed E-state index contributed by atoms with van der Waals surface area (Å²) < 4.78 is 0. The van der Waals surface area contributed by atoms with E-state index in [1.165, 1.54) is 31.1 Å². The maximum absolute atomic E-state index is 2.37. The highest BCUT2D eigenvalue weighted by Crippen LogP contribution is 2.57. The van der Waals surface area contributed by atoms with E-state index in [9.17, 15) is 0 Å². The Bertz CT molecular complexity index is 66.5. The van der Waals surface area contributed by atoms with E-state index in [1.807, 2.05) is 0 Å². The Morgan fingerprint density at radius 2 is 1.20 bits per heavy atom. The van der Waals surface area contributed by atoms with Crippen molar-refractivity contribution in [3.63, 3.8) is 0 Å². The molecule has 1 heteroatoms. The molecule has 0 radical (unpaired) electrons. The highest BCUT2D eigenvalue weighted by atomic mass is 31.2. The van der Waals surface area contributed by atoms with Gasteiger partial charge in [0.15, 0.2) is 0 Å². The van der Waals surface area contributed by atoms with Gasteiger partial charge in [0.2, 0.25) is 0 Å². The van der Waals surface area contributed by atoms with Gasteiger partial charge in [-0.05, 0) is 27.2 Å². The molecule has 0 aliphatic rings. The molecule has 0 saturated heterocycles. The second-order valence-corrected chi connectivity index (χ2v) is 8.04. The van der Waals surface area contributed by atoms with Crippen molar-refractivity contribution >= 4 is 7.26 Å². The lowest BCUT2D eigenvalue weighted by Gasteiger charge is -2.22. The molecule has 10 heavy (non-hydrogen) atoms. The molecular weight excluding hydrogens is 139 g/mol. The summed E-state index contributed by atoms with van der Waals surface area (Å²) in [5.41, 5.74) is 0. The van der Waals surface area contributed by atoms with Crippen LogP contribution in [-0.2, 0) is 0 Å². The third kappa shape index (κ3) is 2.58. The summed E-state index contributed by atoms with van der Waals surface area (Å²) in [4.78, 5) is 0. The summed E-state index contributed by atoms with van der Waals surface area (Å²) in [6.07, 6.45) is 7.31. The molecule has 0 bridgehead atoms. The molecule has 0 heterocycles. The average Bonchev–Trinajstić information content (AvgIpc) is 2.01. The third-order valence-corrected chi connectivity index (χ3v) is 8.13. The predicted molar refractivity (Wildman–Crippen MR) is 53.7 cm³/mol. The molecule has 0 amide bonds. The van der Waals surface area contributed by atoms with Gasteiger partial charge in [-0.2, -0.15) is 0 Å². The average molecular weight is 161 g/mol. The van der Waals surface area contributed by atoms with Crippen LogP contribution < -0.4 is 0 Å². The maximum atomic E-state index is 2.37. The Hall–Kier alpha value is 0.430. The second-order valence-electron chi connectivity index (χ2n) is 3.01. The zero-order chi connectivity index (χ0) is 8.04. The number of rotatable bonds is 5. The topological polar surface area (TPSA) is 0 Å². The van der Waals surface area contributed by atoms with Crippen molar-refractivity contribution < 1.29 is 0 Å². The summed E-state index contributed by atoms with van der Waals surface area (Å²) in [6.45, 7) is 9.43. The van der Waals surface area contributed by atoms with E-state index in [2.05, 4.69) is 27.7 Å². The van der Waals surface area contributed by atoms with Crippen LogP contribution in [-0.4, -0.2) is 24.6 Å². The van der Waals surface area contributed by atoms with Crippen molar-refractivity contribution in [1.29, 1.82) is 0 Å². The molecule has 0 rings (SSSR count). The van der Waals surface area contributed by atoms with E-state index >= 15 is 0 Å². The van der Waals surface area contributed by atoms with Crippen molar-refractivity contribution in [3.05, 3.63) is 0 Å². The van der Waals surface area contributed by atoms with Gasteiger partial charge < -0.3 is 0 Å². The summed E-state index contributed by atoms with van der Waals surface area (Å²) in [5, 5.41) is 0. The van der Waals surface area contributed by atoms with Crippen LogP contribution in [0.25, 0.3) is 0 Å². The highest BCUT2D eigenvalue weighted by molar-refractivity contribution is 7.75. The smallest absolute Gasteiger partial charge is 0.0591 e. The van der Waals surface area contributed by atoms with Gasteiger partial charge in [0.1, 0.15) is 0 Å². The van der Waals surface area contributed by atoms with E-state index in [0.29, 0.717) is 0 Å². The Kier molecular flexibility index (Phi) is 5.35. The number of hydrogen-bond acceptors (Lipinski definition) is 0. The normalized spacial score (nSPS) is 12.0. The molecular formula is C9H22P+. The Morgan fingerprint density at radius 1 is 0.800 bits per heavy atom. The standard InChI is InChI=1S/C9H22P/c1-5-9-10(6-2,7-3)8-4/h5-9H2,1-4H3/q+1. The largest absolute Gasteiger partial charge is 0.0619 e. The summed E-state index contributed by atoms with van der Waals surface area (Å²) in [5.74, 6) is 0. The van der Waals surface area contributed by atoms with Crippen molar-refractivity contribution in [2.75, 3.05) is 24.6 Å². The maximum Gasteiger partial charge on any atom is 0.0591 e. The second kappa shape index (κ2) is 5.13. The zero-order valence-corrected chi connectivity index (χ0v) is 8.88. The number of hydrogen-bond donors (Lipinski definition) is 0. The highest BCUT2D eigenvalue weighted by Gasteiger charge is 2.28. The van der Waals surface area contributed by atoms with Crippen LogP contribution in [0.1, 0.15) is 34.1 Å². The van der Waals surface area contributed by atoms with Crippen LogP contribution in [0.2, 0.25) is 0 Å². The van der Waals surface area contributed by atoms with Gasteiger partial charge in [0.25, 0.3) is 0 Å². The first-order valence-electron chi connectivity index (χ1n) is 4.59. The summed E-state index contributed by atoms with van der Waals surface area (Å²) in [6, 6.07) is 0. The minimum Gasteiger partial charge on any atom is -0.0619 e. The zero-order valence-electron chi connectivity index (χ0n) is 7.98. The van der Waals surface area contributed by atoms with E-state index < -0.39 is 7.26 Å². The molecule has 0 aliphatic heterocycles. The van der Waals surface area contributed by atoms with Crippen LogP contribution in [0.15, 0.2) is 0 Å². The van der Waals surface area contributed by atoms with E-state index in [4.69, 9.17) is 0 Å². The lowest BCUT2D eigenvalue weighted by molar-refractivity contribution is 1.06. The van der Waals surface area contributed by atoms with Crippen LogP contribution in [0, 0.1) is 0 Å². The van der Waals surface area contributed by atoms with Crippen LogP contribution in [0.5, 0.6) is 0 Å². The van der Waals surface area contributed by atoms with Crippen LogP contribution >= 0.6 is 7.26 Å². The monoisotopic (exact) mass is 161 g/mol. The molecule has 0 aliphatic carbocycles. The van der Waals surface area contributed by atoms with Crippen LogP contribution in [0.3, 0.4) is 0 Å². The Labute approximate surface area is 66.7 Å². The molecule has 0 aromatic carbocycles. The summed E-state index contributed by atoms with van der Waals surface area (Å²) >= 11 is 0. The van der Waals surface area contributed by atoms with Crippen molar-refractivity contribution in [1.82, 2.24) is 0 Å². The third-order valence-electron chi connectivity index (χ3n) is 2.71. The first-order chi connectivity index (χ1) is 4.74. The van der Waals surface area contributed by atoms with Gasteiger partial charge in [-0.15, -0.1) is 0 Å². The lowest BCUT2D eigenvalue weighted by atomic mass is 10.6. The molecule has 0 atom stereocenters.